The smallest absolute Gasteiger partial charge is 0.238 e. The molecule has 6 nitrogen and oxygen atoms in total. The van der Waals surface area contributed by atoms with Crippen molar-refractivity contribution >= 4 is 34.8 Å². The first-order chi connectivity index (χ1) is 9.96. The van der Waals surface area contributed by atoms with Crippen molar-refractivity contribution in [1.29, 1.82) is 0 Å². The van der Waals surface area contributed by atoms with Crippen LogP contribution in [0.1, 0.15) is 13.3 Å². The van der Waals surface area contributed by atoms with Gasteiger partial charge in [-0.05, 0) is 31.2 Å². The van der Waals surface area contributed by atoms with E-state index in [4.69, 9.17) is 17.3 Å². The molecular weight excluding hydrogens is 292 g/mol. The van der Waals surface area contributed by atoms with Gasteiger partial charge in [0.1, 0.15) is 0 Å². The lowest BCUT2D eigenvalue weighted by Crippen LogP contribution is -2.40. The van der Waals surface area contributed by atoms with Gasteiger partial charge in [-0.15, -0.1) is 0 Å². The maximum absolute atomic E-state index is 12.0. The molecule has 116 valence electrons. The van der Waals surface area contributed by atoms with Crippen LogP contribution in [0.5, 0.6) is 0 Å². The molecule has 2 amide bonds. The number of carbonyl (C=O) groups is 2. The molecule has 0 radical (unpaired) electrons. The molecule has 0 fully saturated rings. The van der Waals surface area contributed by atoms with E-state index in [1.165, 1.54) is 0 Å². The van der Waals surface area contributed by atoms with Gasteiger partial charge in [-0.25, -0.2) is 0 Å². The highest BCUT2D eigenvalue weighted by atomic mass is 35.5. The maximum atomic E-state index is 12.0. The summed E-state index contributed by atoms with van der Waals surface area (Å²) in [7, 11) is 1.57. The molecule has 0 saturated heterocycles. The third kappa shape index (κ3) is 6.01. The van der Waals surface area contributed by atoms with Gasteiger partial charge in [0.05, 0.1) is 24.5 Å². The van der Waals surface area contributed by atoms with Crippen LogP contribution in [-0.4, -0.2) is 43.4 Å². The normalized spacial score (nSPS) is 10.5. The zero-order valence-electron chi connectivity index (χ0n) is 12.3. The number of halogens is 1. The molecule has 1 aromatic rings. The molecule has 0 aliphatic rings. The van der Waals surface area contributed by atoms with Gasteiger partial charge in [-0.3, -0.25) is 14.5 Å². The van der Waals surface area contributed by atoms with E-state index in [-0.39, 0.29) is 24.9 Å². The van der Waals surface area contributed by atoms with Crippen LogP contribution >= 0.6 is 11.6 Å². The molecule has 0 spiro atoms. The van der Waals surface area contributed by atoms with Crippen LogP contribution in [0.4, 0.5) is 11.4 Å². The van der Waals surface area contributed by atoms with Crippen LogP contribution in [0.15, 0.2) is 18.2 Å². The maximum Gasteiger partial charge on any atom is 0.238 e. The average Bonchev–Trinajstić information content (AvgIpc) is 2.42. The molecule has 0 aliphatic carbocycles. The Morgan fingerprint density at radius 1 is 1.29 bits per heavy atom. The van der Waals surface area contributed by atoms with Crippen molar-refractivity contribution in [3.8, 4) is 0 Å². The summed E-state index contributed by atoms with van der Waals surface area (Å²) in [6.07, 6.45) is 0.855. The number of carbonyl (C=O) groups excluding carboxylic acids is 2. The molecule has 1 aromatic carbocycles. The zero-order chi connectivity index (χ0) is 15.8. The molecule has 0 unspecified atom stereocenters. The molecule has 0 atom stereocenters. The van der Waals surface area contributed by atoms with Gasteiger partial charge in [-0.1, -0.05) is 18.5 Å². The largest absolute Gasteiger partial charge is 0.397 e. The Balaban J connectivity index is 2.62. The van der Waals surface area contributed by atoms with E-state index in [1.807, 2.05) is 6.92 Å². The Hall–Kier alpha value is -1.79. The first-order valence-corrected chi connectivity index (χ1v) is 7.11. The minimum atomic E-state index is -0.221. The summed E-state index contributed by atoms with van der Waals surface area (Å²) in [5.41, 5.74) is 6.71. The highest BCUT2D eigenvalue weighted by Gasteiger charge is 2.14. The molecule has 7 heteroatoms. The van der Waals surface area contributed by atoms with Crippen LogP contribution in [0.2, 0.25) is 5.02 Å². The van der Waals surface area contributed by atoms with Crippen molar-refractivity contribution in [3.63, 3.8) is 0 Å². The molecule has 0 aliphatic heterocycles. The summed E-state index contributed by atoms with van der Waals surface area (Å²) in [5.74, 6) is -0.344. The third-order valence-corrected chi connectivity index (χ3v) is 3.08. The van der Waals surface area contributed by atoms with Gasteiger partial charge in [0.25, 0.3) is 0 Å². The summed E-state index contributed by atoms with van der Waals surface area (Å²) in [6, 6.07) is 4.88. The number of anilines is 2. The summed E-state index contributed by atoms with van der Waals surface area (Å²) >= 11 is 5.81. The number of benzene rings is 1. The van der Waals surface area contributed by atoms with Crippen molar-refractivity contribution in [3.05, 3.63) is 23.2 Å². The second-order valence-electron chi connectivity index (χ2n) is 4.66. The molecule has 0 bridgehead atoms. The van der Waals surface area contributed by atoms with Crippen LogP contribution in [-0.2, 0) is 9.59 Å². The topological polar surface area (TPSA) is 87.5 Å². The molecule has 0 heterocycles. The lowest BCUT2D eigenvalue weighted by molar-refractivity contribution is -0.123. The van der Waals surface area contributed by atoms with Crippen LogP contribution in [0.25, 0.3) is 0 Å². The standard InChI is InChI=1S/C14H21ClN4O2/c1-3-6-19(8-13(20)17-2)9-14(21)18-12-5-4-10(15)7-11(12)16/h4-5,7H,3,6,8-9,16H2,1-2H3,(H,17,20)(H,18,21). The van der Waals surface area contributed by atoms with Gasteiger partial charge in [0.2, 0.25) is 11.8 Å². The Kier molecular flexibility index (Phi) is 6.98. The number of nitrogens with one attached hydrogen (secondary N) is 2. The molecule has 1 rings (SSSR count). The predicted molar refractivity (Wildman–Crippen MR) is 85.3 cm³/mol. The lowest BCUT2D eigenvalue weighted by atomic mass is 10.2. The monoisotopic (exact) mass is 312 g/mol. The molecule has 0 aromatic heterocycles. The average molecular weight is 313 g/mol. The van der Waals surface area contributed by atoms with Crippen LogP contribution in [0.3, 0.4) is 0 Å². The predicted octanol–water partition coefficient (Wildman–Crippen LogP) is 1.32. The molecule has 0 saturated carbocycles. The van der Waals surface area contributed by atoms with Crippen molar-refractivity contribution in [2.75, 3.05) is 37.7 Å². The fourth-order valence-corrected chi connectivity index (χ4v) is 2.03. The van der Waals surface area contributed by atoms with Crippen molar-refractivity contribution in [2.24, 2.45) is 0 Å². The minimum Gasteiger partial charge on any atom is -0.397 e. The number of nitrogens with zero attached hydrogens (tertiary/aromatic N) is 1. The van der Waals surface area contributed by atoms with Gasteiger partial charge >= 0.3 is 0 Å². The van der Waals surface area contributed by atoms with E-state index in [0.29, 0.717) is 22.9 Å². The quantitative estimate of drug-likeness (QED) is 0.663. The zero-order valence-corrected chi connectivity index (χ0v) is 13.0. The van der Waals surface area contributed by atoms with E-state index in [2.05, 4.69) is 10.6 Å². The fourth-order valence-electron chi connectivity index (χ4n) is 1.85. The van der Waals surface area contributed by atoms with E-state index >= 15 is 0 Å². The Labute approximate surface area is 129 Å². The second-order valence-corrected chi connectivity index (χ2v) is 5.10. The Morgan fingerprint density at radius 2 is 1.95 bits per heavy atom. The van der Waals surface area contributed by atoms with Gasteiger partial charge < -0.3 is 16.4 Å². The summed E-state index contributed by atoms with van der Waals surface area (Å²) in [5, 5.41) is 5.78. The number of nitrogen functional groups attached to an aromatic ring is 1. The van der Waals surface area contributed by atoms with Gasteiger partial charge in [0.15, 0.2) is 0 Å². The Morgan fingerprint density at radius 3 is 2.52 bits per heavy atom. The number of hydrogen-bond acceptors (Lipinski definition) is 4. The first-order valence-electron chi connectivity index (χ1n) is 6.74. The van der Waals surface area contributed by atoms with Crippen molar-refractivity contribution in [1.82, 2.24) is 10.2 Å². The number of rotatable bonds is 7. The van der Waals surface area contributed by atoms with E-state index in [0.717, 1.165) is 6.42 Å². The first kappa shape index (κ1) is 17.3. The summed E-state index contributed by atoms with van der Waals surface area (Å²) in [6.45, 7) is 2.97. The number of hydrogen-bond donors (Lipinski definition) is 3. The molecular formula is C14H21ClN4O2. The molecule has 4 N–H and O–H groups in total. The summed E-state index contributed by atoms with van der Waals surface area (Å²) < 4.78 is 0. The van der Waals surface area contributed by atoms with E-state index in [9.17, 15) is 9.59 Å². The number of nitrogens with two attached hydrogens (primary N) is 1. The minimum absolute atomic E-state index is 0.123. The fraction of sp³-hybridized carbons (Fsp3) is 0.429. The molecule has 21 heavy (non-hydrogen) atoms. The lowest BCUT2D eigenvalue weighted by Gasteiger charge is -2.20. The highest BCUT2D eigenvalue weighted by molar-refractivity contribution is 6.31. The van der Waals surface area contributed by atoms with E-state index in [1.54, 1.807) is 30.1 Å². The van der Waals surface area contributed by atoms with E-state index < -0.39 is 0 Å². The number of likely N-dealkylation sites (N-methyl/N-ethyl adjacent to an activating group) is 1. The van der Waals surface area contributed by atoms with Gasteiger partial charge in [-0.2, -0.15) is 0 Å². The van der Waals surface area contributed by atoms with Crippen LogP contribution in [0, 0.1) is 0 Å². The van der Waals surface area contributed by atoms with Crippen LogP contribution < -0.4 is 16.4 Å². The van der Waals surface area contributed by atoms with Crippen molar-refractivity contribution in [2.45, 2.75) is 13.3 Å². The van der Waals surface area contributed by atoms with Gasteiger partial charge in [0, 0.05) is 12.1 Å². The summed E-state index contributed by atoms with van der Waals surface area (Å²) in [4.78, 5) is 25.2. The van der Waals surface area contributed by atoms with Crippen molar-refractivity contribution < 1.29 is 9.59 Å². The third-order valence-electron chi connectivity index (χ3n) is 2.84. The SMILES string of the molecule is CCCN(CC(=O)NC)CC(=O)Nc1ccc(Cl)cc1N. The second kappa shape index (κ2) is 8.49. The highest BCUT2D eigenvalue weighted by Crippen LogP contribution is 2.22. The number of amides is 2. The Bertz CT molecular complexity index is 508.